The van der Waals surface area contributed by atoms with Gasteiger partial charge in [-0.1, -0.05) is 12.2 Å². The van der Waals surface area contributed by atoms with Crippen LogP contribution in [0.1, 0.15) is 31.9 Å². The number of rotatable bonds is 3. The van der Waals surface area contributed by atoms with E-state index in [9.17, 15) is 18.0 Å². The number of alkyl carbamates (subject to hydrolysis) is 1. The maximum absolute atomic E-state index is 12.6. The molecule has 0 bridgehead atoms. The van der Waals surface area contributed by atoms with Gasteiger partial charge >= 0.3 is 12.3 Å². The van der Waals surface area contributed by atoms with Gasteiger partial charge in [-0.05, 0) is 44.5 Å². The average molecular weight is 316 g/mol. The molecule has 0 fully saturated rings. The summed E-state index contributed by atoms with van der Waals surface area (Å²) in [5.41, 5.74) is 4.70. The van der Waals surface area contributed by atoms with Gasteiger partial charge in [-0.2, -0.15) is 13.2 Å². The predicted molar refractivity (Wildman–Crippen MR) is 79.1 cm³/mol. The number of benzene rings is 1. The molecule has 0 atom stereocenters. The molecule has 22 heavy (non-hydrogen) atoms. The molecule has 0 heterocycles. The third kappa shape index (κ3) is 6.07. The molecule has 0 spiro atoms. The molecule has 0 saturated heterocycles. The van der Waals surface area contributed by atoms with Crippen LogP contribution in [0.5, 0.6) is 0 Å². The lowest BCUT2D eigenvalue weighted by molar-refractivity contribution is -0.137. The summed E-state index contributed by atoms with van der Waals surface area (Å²) in [5, 5.41) is 2.46. The van der Waals surface area contributed by atoms with Crippen LogP contribution in [0.25, 0.3) is 6.08 Å². The Morgan fingerprint density at radius 2 is 1.95 bits per heavy atom. The normalized spacial score (nSPS) is 12.5. The number of hydrogen-bond donors (Lipinski definition) is 2. The number of nitrogens with two attached hydrogens (primary N) is 1. The third-order valence-corrected chi connectivity index (χ3v) is 2.47. The topological polar surface area (TPSA) is 64.3 Å². The molecular formula is C15H19F3N2O2. The number of halogens is 3. The number of carbonyl (C=O) groups excluding carboxylic acids is 1. The largest absolute Gasteiger partial charge is 0.444 e. The number of hydrogen-bond acceptors (Lipinski definition) is 3. The first kappa shape index (κ1) is 17.9. The minimum absolute atomic E-state index is 0.116. The van der Waals surface area contributed by atoms with Gasteiger partial charge in [0.25, 0.3) is 0 Å². The van der Waals surface area contributed by atoms with E-state index in [0.717, 1.165) is 12.1 Å². The van der Waals surface area contributed by atoms with E-state index in [-0.39, 0.29) is 17.8 Å². The van der Waals surface area contributed by atoms with Crippen LogP contribution in [-0.2, 0) is 10.9 Å². The number of alkyl halides is 3. The number of nitrogens with one attached hydrogen (secondary N) is 1. The van der Waals surface area contributed by atoms with E-state index >= 15 is 0 Å². The third-order valence-electron chi connectivity index (χ3n) is 2.47. The quantitative estimate of drug-likeness (QED) is 0.833. The summed E-state index contributed by atoms with van der Waals surface area (Å²) in [5.74, 6) is 0. The highest BCUT2D eigenvalue weighted by Crippen LogP contribution is 2.31. The van der Waals surface area contributed by atoms with Crippen molar-refractivity contribution in [3.8, 4) is 0 Å². The van der Waals surface area contributed by atoms with Crippen LogP contribution < -0.4 is 11.1 Å². The molecule has 7 heteroatoms. The zero-order valence-electron chi connectivity index (χ0n) is 12.6. The fraction of sp³-hybridized carbons (Fsp3) is 0.400. The van der Waals surface area contributed by atoms with Crippen LogP contribution in [-0.4, -0.2) is 18.2 Å². The lowest BCUT2D eigenvalue weighted by atomic mass is 10.1. The van der Waals surface area contributed by atoms with E-state index in [0.29, 0.717) is 0 Å². The van der Waals surface area contributed by atoms with Crippen LogP contribution in [0.2, 0.25) is 0 Å². The molecule has 4 nitrogen and oxygen atoms in total. The molecule has 0 saturated carbocycles. The molecule has 0 aliphatic heterocycles. The number of nitrogen functional groups attached to an aromatic ring is 1. The fourth-order valence-electron chi connectivity index (χ4n) is 1.54. The Kier molecular flexibility index (Phi) is 5.46. The lowest BCUT2D eigenvalue weighted by Gasteiger charge is -2.19. The van der Waals surface area contributed by atoms with Crippen LogP contribution in [0, 0.1) is 0 Å². The molecule has 1 amide bonds. The van der Waals surface area contributed by atoms with Crippen LogP contribution in [0.3, 0.4) is 0 Å². The number of carbonyl (C=O) groups is 1. The van der Waals surface area contributed by atoms with Gasteiger partial charge in [0.15, 0.2) is 0 Å². The van der Waals surface area contributed by atoms with Gasteiger partial charge in [-0.25, -0.2) is 4.79 Å². The summed E-state index contributed by atoms with van der Waals surface area (Å²) in [4.78, 5) is 11.4. The molecule has 1 aromatic rings. The van der Waals surface area contributed by atoms with Crippen molar-refractivity contribution >= 4 is 17.9 Å². The first-order chi connectivity index (χ1) is 9.99. The molecule has 0 aliphatic carbocycles. The van der Waals surface area contributed by atoms with E-state index in [4.69, 9.17) is 10.5 Å². The Bertz CT molecular complexity index is 561. The summed E-state index contributed by atoms with van der Waals surface area (Å²) < 4.78 is 42.9. The highest BCUT2D eigenvalue weighted by Gasteiger charge is 2.30. The monoisotopic (exact) mass is 316 g/mol. The van der Waals surface area contributed by atoms with Crippen molar-refractivity contribution in [2.24, 2.45) is 0 Å². The first-order valence-electron chi connectivity index (χ1n) is 6.59. The number of anilines is 1. The van der Waals surface area contributed by atoms with Gasteiger partial charge in [0.1, 0.15) is 5.60 Å². The second-order valence-electron chi connectivity index (χ2n) is 5.63. The zero-order chi connectivity index (χ0) is 17.0. The second kappa shape index (κ2) is 6.72. The average Bonchev–Trinajstić information content (AvgIpc) is 2.33. The summed E-state index contributed by atoms with van der Waals surface area (Å²) >= 11 is 0. The molecule has 1 aromatic carbocycles. The van der Waals surface area contributed by atoms with Crippen LogP contribution >= 0.6 is 0 Å². The van der Waals surface area contributed by atoms with Crippen molar-refractivity contribution in [1.82, 2.24) is 5.32 Å². The van der Waals surface area contributed by atoms with E-state index in [1.165, 1.54) is 18.2 Å². The van der Waals surface area contributed by atoms with E-state index < -0.39 is 23.4 Å². The fourth-order valence-corrected chi connectivity index (χ4v) is 1.54. The standard InChI is InChI=1S/C15H19F3N2O2/c1-14(2,3)22-13(21)20-8-4-5-10-9-11(15(16,17)18)6-7-12(10)19/h4-7,9H,8,19H2,1-3H3,(H,20,21). The smallest absolute Gasteiger partial charge is 0.416 e. The van der Waals surface area contributed by atoms with Crippen molar-refractivity contribution in [3.63, 3.8) is 0 Å². The van der Waals surface area contributed by atoms with Gasteiger partial charge in [0.2, 0.25) is 0 Å². The van der Waals surface area contributed by atoms with Gasteiger partial charge in [-0.15, -0.1) is 0 Å². The highest BCUT2D eigenvalue weighted by molar-refractivity contribution is 5.69. The van der Waals surface area contributed by atoms with E-state index in [1.807, 2.05) is 0 Å². The van der Waals surface area contributed by atoms with Gasteiger partial charge < -0.3 is 15.8 Å². The highest BCUT2D eigenvalue weighted by atomic mass is 19.4. The molecule has 0 radical (unpaired) electrons. The minimum atomic E-state index is -4.43. The summed E-state index contributed by atoms with van der Waals surface area (Å²) in [6.45, 7) is 5.30. The predicted octanol–water partition coefficient (Wildman–Crippen LogP) is 3.83. The molecule has 0 aliphatic rings. The Morgan fingerprint density at radius 3 is 2.50 bits per heavy atom. The van der Waals surface area contributed by atoms with Crippen molar-refractivity contribution in [2.45, 2.75) is 32.5 Å². The van der Waals surface area contributed by atoms with E-state index in [2.05, 4.69) is 5.32 Å². The Balaban J connectivity index is 2.65. The molecule has 122 valence electrons. The van der Waals surface area contributed by atoms with Crippen molar-refractivity contribution in [2.75, 3.05) is 12.3 Å². The Morgan fingerprint density at radius 1 is 1.32 bits per heavy atom. The maximum Gasteiger partial charge on any atom is 0.416 e. The SMILES string of the molecule is CC(C)(C)OC(=O)NCC=Cc1cc(C(F)(F)F)ccc1N. The molecule has 0 unspecified atom stereocenters. The van der Waals surface area contributed by atoms with Gasteiger partial charge in [0.05, 0.1) is 5.56 Å². The second-order valence-corrected chi connectivity index (χ2v) is 5.63. The first-order valence-corrected chi connectivity index (χ1v) is 6.59. The molecular weight excluding hydrogens is 297 g/mol. The molecule has 1 rings (SSSR count). The minimum Gasteiger partial charge on any atom is -0.444 e. The molecule has 3 N–H and O–H groups in total. The lowest BCUT2D eigenvalue weighted by Crippen LogP contribution is -2.32. The van der Waals surface area contributed by atoms with Crippen molar-refractivity contribution in [1.29, 1.82) is 0 Å². The van der Waals surface area contributed by atoms with Crippen LogP contribution in [0.15, 0.2) is 24.3 Å². The summed E-state index contributed by atoms with van der Waals surface area (Å²) in [7, 11) is 0. The van der Waals surface area contributed by atoms with Gasteiger partial charge in [-0.3, -0.25) is 0 Å². The molecule has 0 aromatic heterocycles. The van der Waals surface area contributed by atoms with Crippen LogP contribution in [0.4, 0.5) is 23.7 Å². The Labute approximate surface area is 127 Å². The Hall–Kier alpha value is -2.18. The van der Waals surface area contributed by atoms with Crippen molar-refractivity contribution < 1.29 is 22.7 Å². The number of amides is 1. The zero-order valence-corrected chi connectivity index (χ0v) is 12.6. The number of ether oxygens (including phenoxy) is 1. The van der Waals surface area contributed by atoms with Gasteiger partial charge in [0, 0.05) is 12.2 Å². The summed E-state index contributed by atoms with van der Waals surface area (Å²) in [6.07, 6.45) is -2.11. The van der Waals surface area contributed by atoms with E-state index in [1.54, 1.807) is 20.8 Å². The summed E-state index contributed by atoms with van der Waals surface area (Å²) in [6, 6.07) is 3.08. The maximum atomic E-state index is 12.6. The van der Waals surface area contributed by atoms with Crippen molar-refractivity contribution in [3.05, 3.63) is 35.4 Å².